The molecule has 0 heterocycles. The summed E-state index contributed by atoms with van der Waals surface area (Å²) in [6.45, 7) is 0.585. The molecule has 0 amide bonds. The summed E-state index contributed by atoms with van der Waals surface area (Å²) in [5.41, 5.74) is 8.15. The fraction of sp³-hybridized carbons (Fsp3) is 0.750. The minimum Gasteiger partial charge on any atom is -0.480 e. The van der Waals surface area contributed by atoms with Gasteiger partial charge in [-0.2, -0.15) is 0 Å². The lowest BCUT2D eigenvalue weighted by atomic mass is 10.2. The number of carboxylic acids is 1. The summed E-state index contributed by atoms with van der Waals surface area (Å²) in [6, 6.07) is -0.771. The van der Waals surface area contributed by atoms with Crippen LogP contribution in [0, 0.1) is 0 Å². The summed E-state index contributed by atoms with van der Waals surface area (Å²) in [7, 11) is 3.71. The van der Waals surface area contributed by atoms with Gasteiger partial charge in [-0.15, -0.1) is 0 Å². The first-order valence-electron chi connectivity index (χ1n) is 4.44. The van der Waals surface area contributed by atoms with Crippen LogP contribution in [0.25, 0.3) is 0 Å². The second-order valence-corrected chi connectivity index (χ2v) is 3.15. The minimum atomic E-state index is -0.958. The van der Waals surface area contributed by atoms with Gasteiger partial charge in [0.1, 0.15) is 6.04 Å². The highest BCUT2D eigenvalue weighted by Gasteiger charge is 2.09. The van der Waals surface area contributed by atoms with E-state index in [2.05, 4.69) is 10.4 Å². The lowest BCUT2D eigenvalue weighted by molar-refractivity contribution is -0.138. The summed E-state index contributed by atoms with van der Waals surface area (Å²) < 4.78 is 0. The molecule has 14 heavy (non-hydrogen) atoms. The molecule has 0 rings (SSSR count). The largest absolute Gasteiger partial charge is 0.480 e. The van der Waals surface area contributed by atoms with E-state index in [4.69, 9.17) is 10.8 Å². The van der Waals surface area contributed by atoms with Crippen LogP contribution in [0.1, 0.15) is 12.8 Å². The first-order chi connectivity index (χ1) is 6.54. The van der Waals surface area contributed by atoms with Crippen molar-refractivity contribution in [2.24, 2.45) is 10.7 Å². The molecule has 4 N–H and O–H groups in total. The van der Waals surface area contributed by atoms with Crippen molar-refractivity contribution in [3.63, 3.8) is 0 Å². The van der Waals surface area contributed by atoms with Crippen LogP contribution in [-0.4, -0.2) is 49.1 Å². The number of hydrazine groups is 1. The molecule has 0 unspecified atom stereocenters. The van der Waals surface area contributed by atoms with Gasteiger partial charge in [0.25, 0.3) is 0 Å². The Labute approximate surface area is 83.8 Å². The molecule has 0 bridgehead atoms. The number of hydrogen-bond donors (Lipinski definition) is 3. The van der Waals surface area contributed by atoms with Crippen molar-refractivity contribution in [1.29, 1.82) is 0 Å². The number of aliphatic carboxylic acids is 1. The molecule has 0 aromatic carbocycles. The lowest BCUT2D eigenvalue weighted by Crippen LogP contribution is -2.30. The molecule has 0 saturated carbocycles. The number of carbonyl (C=O) groups is 1. The Hall–Kier alpha value is -1.14. The summed E-state index contributed by atoms with van der Waals surface area (Å²) in [5, 5.41) is 10.2. The zero-order valence-electron chi connectivity index (χ0n) is 8.60. The van der Waals surface area contributed by atoms with Gasteiger partial charge in [0, 0.05) is 20.6 Å². The van der Waals surface area contributed by atoms with Gasteiger partial charge in [-0.1, -0.05) is 0 Å². The van der Waals surface area contributed by atoms with Crippen LogP contribution < -0.4 is 11.2 Å². The Morgan fingerprint density at radius 2 is 2.36 bits per heavy atom. The number of nitrogens with zero attached hydrogens (tertiary/aromatic N) is 2. The second-order valence-electron chi connectivity index (χ2n) is 3.15. The molecule has 0 radical (unpaired) electrons. The van der Waals surface area contributed by atoms with Crippen molar-refractivity contribution < 1.29 is 9.90 Å². The molecule has 6 heteroatoms. The van der Waals surface area contributed by atoms with E-state index in [1.165, 1.54) is 0 Å². The van der Waals surface area contributed by atoms with Crippen molar-refractivity contribution in [3.8, 4) is 0 Å². The van der Waals surface area contributed by atoms with E-state index in [1.54, 1.807) is 11.3 Å². The highest BCUT2D eigenvalue weighted by molar-refractivity contribution is 5.72. The standard InChI is InChI=1S/C8H18N4O2/c1-12(2)11-6-10-5-3-4-7(9)8(13)14/h6-7H,3-5,9H2,1-2H3,(H,10,11)(H,13,14)/t7-/m1/s1. The molecular weight excluding hydrogens is 184 g/mol. The quantitative estimate of drug-likeness (QED) is 0.219. The van der Waals surface area contributed by atoms with Gasteiger partial charge in [-0.3, -0.25) is 9.79 Å². The van der Waals surface area contributed by atoms with E-state index in [-0.39, 0.29) is 0 Å². The Morgan fingerprint density at radius 1 is 1.71 bits per heavy atom. The van der Waals surface area contributed by atoms with Gasteiger partial charge in [0.05, 0.1) is 6.34 Å². The van der Waals surface area contributed by atoms with Crippen molar-refractivity contribution in [1.82, 2.24) is 10.4 Å². The SMILES string of the molecule is CN(C)NC=NCCC[C@@H](N)C(=O)O. The van der Waals surface area contributed by atoms with Crippen LogP contribution in [0.4, 0.5) is 0 Å². The van der Waals surface area contributed by atoms with Crippen LogP contribution >= 0.6 is 0 Å². The zero-order valence-corrected chi connectivity index (χ0v) is 8.60. The predicted octanol–water partition coefficient (Wildman–Crippen LogP) is -0.727. The molecule has 6 nitrogen and oxygen atoms in total. The number of aliphatic imine (C=N–C) groups is 1. The first kappa shape index (κ1) is 12.9. The molecule has 0 fully saturated rings. The summed E-state index contributed by atoms with van der Waals surface area (Å²) >= 11 is 0. The fourth-order valence-corrected chi connectivity index (χ4v) is 0.747. The normalized spacial score (nSPS) is 13.4. The highest BCUT2D eigenvalue weighted by Crippen LogP contribution is 1.94. The van der Waals surface area contributed by atoms with Gasteiger partial charge < -0.3 is 16.3 Å². The molecule has 0 aliphatic carbocycles. The lowest BCUT2D eigenvalue weighted by Gasteiger charge is -2.07. The molecule has 0 aromatic heterocycles. The van der Waals surface area contributed by atoms with Gasteiger partial charge in [-0.05, 0) is 12.8 Å². The maximum atomic E-state index is 10.3. The summed E-state index contributed by atoms with van der Waals surface area (Å²) in [6.07, 6.45) is 2.71. The van der Waals surface area contributed by atoms with Crippen LogP contribution in [0.5, 0.6) is 0 Å². The maximum Gasteiger partial charge on any atom is 0.320 e. The van der Waals surface area contributed by atoms with Crippen molar-refractivity contribution in [3.05, 3.63) is 0 Å². The Morgan fingerprint density at radius 3 is 2.86 bits per heavy atom. The second kappa shape index (κ2) is 7.28. The molecule has 1 atom stereocenters. The van der Waals surface area contributed by atoms with E-state index >= 15 is 0 Å². The number of hydrogen-bond acceptors (Lipinski definition) is 4. The van der Waals surface area contributed by atoms with Crippen molar-refractivity contribution in [2.75, 3.05) is 20.6 Å². The molecular formula is C8H18N4O2. The van der Waals surface area contributed by atoms with E-state index in [0.717, 1.165) is 0 Å². The Bertz CT molecular complexity index is 194. The third-order valence-corrected chi connectivity index (χ3v) is 1.53. The Balaban J connectivity index is 3.37. The molecule has 82 valence electrons. The maximum absolute atomic E-state index is 10.3. The third kappa shape index (κ3) is 7.51. The van der Waals surface area contributed by atoms with E-state index in [1.807, 2.05) is 14.1 Å². The van der Waals surface area contributed by atoms with Crippen molar-refractivity contribution >= 4 is 12.3 Å². The van der Waals surface area contributed by atoms with E-state index in [9.17, 15) is 4.79 Å². The minimum absolute atomic E-state index is 0.453. The van der Waals surface area contributed by atoms with Gasteiger partial charge in [-0.25, -0.2) is 5.01 Å². The first-order valence-corrected chi connectivity index (χ1v) is 4.44. The molecule has 0 aromatic rings. The predicted molar refractivity (Wildman–Crippen MR) is 55.0 cm³/mol. The summed E-state index contributed by atoms with van der Waals surface area (Å²) in [4.78, 5) is 14.3. The number of rotatable bonds is 7. The average Bonchev–Trinajstić information content (AvgIpc) is 2.09. The van der Waals surface area contributed by atoms with Crippen LogP contribution in [-0.2, 0) is 4.79 Å². The van der Waals surface area contributed by atoms with E-state index in [0.29, 0.717) is 19.4 Å². The number of nitrogens with two attached hydrogens (primary N) is 1. The van der Waals surface area contributed by atoms with Crippen molar-refractivity contribution in [2.45, 2.75) is 18.9 Å². The number of nitrogens with one attached hydrogen (secondary N) is 1. The number of carboxylic acid groups (broad SMARTS) is 1. The zero-order chi connectivity index (χ0) is 11.0. The van der Waals surface area contributed by atoms with Gasteiger partial charge in [0.2, 0.25) is 0 Å². The van der Waals surface area contributed by atoms with Crippen LogP contribution in [0.15, 0.2) is 4.99 Å². The topological polar surface area (TPSA) is 91.0 Å². The van der Waals surface area contributed by atoms with Crippen LogP contribution in [0.2, 0.25) is 0 Å². The fourth-order valence-electron chi connectivity index (χ4n) is 0.747. The molecule has 0 saturated heterocycles. The third-order valence-electron chi connectivity index (χ3n) is 1.53. The molecule has 0 aliphatic heterocycles. The summed E-state index contributed by atoms with van der Waals surface area (Å²) in [5.74, 6) is -0.958. The van der Waals surface area contributed by atoms with Gasteiger partial charge in [0.15, 0.2) is 0 Å². The Kier molecular flexibility index (Phi) is 6.69. The van der Waals surface area contributed by atoms with Crippen LogP contribution in [0.3, 0.4) is 0 Å². The van der Waals surface area contributed by atoms with E-state index < -0.39 is 12.0 Å². The highest BCUT2D eigenvalue weighted by atomic mass is 16.4. The smallest absolute Gasteiger partial charge is 0.320 e. The monoisotopic (exact) mass is 202 g/mol. The van der Waals surface area contributed by atoms with Gasteiger partial charge >= 0.3 is 5.97 Å². The molecule has 0 aliphatic rings. The molecule has 0 spiro atoms. The average molecular weight is 202 g/mol.